The lowest BCUT2D eigenvalue weighted by Crippen LogP contribution is -2.28. The number of aromatic nitrogens is 2. The maximum Gasteiger partial charge on any atom is 0.251 e. The lowest BCUT2D eigenvalue weighted by molar-refractivity contribution is 0.0903. The van der Waals surface area contributed by atoms with E-state index in [1.165, 1.54) is 0 Å². The third-order valence-corrected chi connectivity index (χ3v) is 4.59. The summed E-state index contributed by atoms with van der Waals surface area (Å²) in [6.45, 7) is 8.14. The highest BCUT2D eigenvalue weighted by Gasteiger charge is 2.20. The summed E-state index contributed by atoms with van der Waals surface area (Å²) in [5, 5.41) is 6.25. The highest BCUT2D eigenvalue weighted by Crippen LogP contribution is 2.27. The Labute approximate surface area is 154 Å². The van der Waals surface area contributed by atoms with Crippen molar-refractivity contribution >= 4 is 11.9 Å². The Bertz CT molecular complexity index is 785. The zero-order chi connectivity index (χ0) is 18.5. The van der Waals surface area contributed by atoms with Gasteiger partial charge in [-0.1, -0.05) is 26.0 Å². The molecule has 1 aromatic heterocycles. The number of nitrogens with zero attached hydrogens (tertiary/aromatic N) is 2. The Balaban J connectivity index is 0.000000948. The Morgan fingerprint density at radius 1 is 1.23 bits per heavy atom. The van der Waals surface area contributed by atoms with E-state index in [9.17, 15) is 4.79 Å². The van der Waals surface area contributed by atoms with Crippen LogP contribution in [0.3, 0.4) is 0 Å². The molecule has 6 heteroatoms. The molecule has 0 aliphatic carbocycles. The van der Waals surface area contributed by atoms with E-state index >= 15 is 0 Å². The third-order valence-electron chi connectivity index (χ3n) is 4.59. The molecule has 1 amide bonds. The molecule has 1 aromatic carbocycles. The van der Waals surface area contributed by atoms with Crippen molar-refractivity contribution in [2.45, 2.75) is 46.2 Å². The molecule has 4 rings (SSSR count). The van der Waals surface area contributed by atoms with Gasteiger partial charge >= 0.3 is 0 Å². The highest BCUT2D eigenvalue weighted by atomic mass is 16.5. The number of anilines is 1. The SMILES string of the molecule is CC.Cc1cnc(NC2CCOCC2)nc1-c1ccc2c(c1)C(=O)NC2. The average molecular weight is 354 g/mol. The maximum absolute atomic E-state index is 11.9. The van der Waals surface area contributed by atoms with Crippen LogP contribution >= 0.6 is 0 Å². The first kappa shape index (κ1) is 18.3. The fourth-order valence-electron chi connectivity index (χ4n) is 3.19. The third kappa shape index (κ3) is 3.85. The van der Waals surface area contributed by atoms with Crippen molar-refractivity contribution in [3.8, 4) is 11.3 Å². The van der Waals surface area contributed by atoms with Gasteiger partial charge in [-0.15, -0.1) is 0 Å². The van der Waals surface area contributed by atoms with Crippen molar-refractivity contribution in [1.29, 1.82) is 0 Å². The first-order valence-electron chi connectivity index (χ1n) is 9.30. The van der Waals surface area contributed by atoms with Crippen LogP contribution in [0.15, 0.2) is 24.4 Å². The second-order valence-corrected chi connectivity index (χ2v) is 6.31. The molecule has 3 heterocycles. The Morgan fingerprint density at radius 2 is 2.00 bits per heavy atom. The quantitative estimate of drug-likeness (QED) is 0.884. The largest absolute Gasteiger partial charge is 0.381 e. The lowest BCUT2D eigenvalue weighted by atomic mass is 10.0. The van der Waals surface area contributed by atoms with E-state index in [1.807, 2.05) is 45.2 Å². The molecule has 1 saturated heterocycles. The highest BCUT2D eigenvalue weighted by molar-refractivity contribution is 5.99. The zero-order valence-electron chi connectivity index (χ0n) is 15.6. The maximum atomic E-state index is 11.9. The predicted molar refractivity (Wildman–Crippen MR) is 102 cm³/mol. The van der Waals surface area contributed by atoms with Crippen LogP contribution in [0.1, 0.15) is 48.2 Å². The summed E-state index contributed by atoms with van der Waals surface area (Å²) >= 11 is 0. The summed E-state index contributed by atoms with van der Waals surface area (Å²) in [4.78, 5) is 21.0. The number of hydrogen-bond donors (Lipinski definition) is 2. The molecule has 0 atom stereocenters. The zero-order valence-corrected chi connectivity index (χ0v) is 15.6. The Hall–Kier alpha value is -2.47. The lowest BCUT2D eigenvalue weighted by Gasteiger charge is -2.23. The molecule has 0 spiro atoms. The molecule has 138 valence electrons. The number of carbonyl (C=O) groups excluding carboxylic acids is 1. The van der Waals surface area contributed by atoms with Crippen LogP contribution in [0.5, 0.6) is 0 Å². The van der Waals surface area contributed by atoms with Crippen molar-refractivity contribution in [2.75, 3.05) is 18.5 Å². The van der Waals surface area contributed by atoms with Gasteiger partial charge in [-0.05, 0) is 37.0 Å². The molecular formula is C20H26N4O2. The Morgan fingerprint density at radius 3 is 2.77 bits per heavy atom. The van der Waals surface area contributed by atoms with Crippen LogP contribution < -0.4 is 10.6 Å². The van der Waals surface area contributed by atoms with Crippen LogP contribution in [-0.4, -0.2) is 35.1 Å². The van der Waals surface area contributed by atoms with Gasteiger partial charge in [-0.3, -0.25) is 4.79 Å². The van der Waals surface area contributed by atoms with Crippen molar-refractivity contribution in [3.63, 3.8) is 0 Å². The van der Waals surface area contributed by atoms with Gasteiger partial charge in [0.05, 0.1) is 5.69 Å². The van der Waals surface area contributed by atoms with E-state index in [0.717, 1.165) is 54.0 Å². The molecule has 0 unspecified atom stereocenters. The normalized spacial score (nSPS) is 16.3. The fourth-order valence-corrected chi connectivity index (χ4v) is 3.19. The second kappa shape index (κ2) is 8.27. The Kier molecular flexibility index (Phi) is 5.83. The summed E-state index contributed by atoms with van der Waals surface area (Å²) in [6, 6.07) is 6.29. The summed E-state index contributed by atoms with van der Waals surface area (Å²) in [6.07, 6.45) is 3.76. The van der Waals surface area contributed by atoms with Crippen LogP contribution in [0.25, 0.3) is 11.3 Å². The van der Waals surface area contributed by atoms with Gasteiger partial charge in [-0.2, -0.15) is 0 Å². The summed E-state index contributed by atoms with van der Waals surface area (Å²) in [5.74, 6) is 0.617. The molecule has 0 radical (unpaired) electrons. The number of ether oxygens (including phenoxy) is 1. The molecule has 0 saturated carbocycles. The number of fused-ring (bicyclic) bond motifs is 1. The molecule has 2 aromatic rings. The van der Waals surface area contributed by atoms with Crippen molar-refractivity contribution in [2.24, 2.45) is 0 Å². The van der Waals surface area contributed by atoms with Crippen LogP contribution in [0, 0.1) is 6.92 Å². The van der Waals surface area contributed by atoms with Crippen LogP contribution in [0.2, 0.25) is 0 Å². The van der Waals surface area contributed by atoms with Crippen molar-refractivity contribution in [1.82, 2.24) is 15.3 Å². The van der Waals surface area contributed by atoms with Crippen molar-refractivity contribution < 1.29 is 9.53 Å². The number of carbonyl (C=O) groups is 1. The standard InChI is InChI=1S/C18H20N4O2.C2H6/c1-11-9-20-18(21-14-4-6-24-7-5-14)22-16(11)12-2-3-13-10-19-17(23)15(13)8-12;1-2/h2-3,8-9,14H,4-7,10H2,1H3,(H,19,23)(H,20,21,22);1-2H3. The van der Waals surface area contributed by atoms with Gasteiger partial charge in [-0.25, -0.2) is 9.97 Å². The van der Waals surface area contributed by atoms with Crippen molar-refractivity contribution in [3.05, 3.63) is 41.1 Å². The number of hydrogen-bond acceptors (Lipinski definition) is 5. The first-order chi connectivity index (χ1) is 12.7. The molecule has 26 heavy (non-hydrogen) atoms. The first-order valence-corrected chi connectivity index (χ1v) is 9.30. The molecule has 2 aliphatic rings. The summed E-state index contributed by atoms with van der Waals surface area (Å²) in [5.41, 5.74) is 4.58. The molecular weight excluding hydrogens is 328 g/mol. The van der Waals surface area contributed by atoms with Crippen LogP contribution in [0.4, 0.5) is 5.95 Å². The number of amides is 1. The predicted octanol–water partition coefficient (Wildman–Crippen LogP) is 3.31. The molecule has 0 bridgehead atoms. The number of aryl methyl sites for hydroxylation is 1. The number of benzene rings is 1. The molecule has 2 aliphatic heterocycles. The minimum Gasteiger partial charge on any atom is -0.381 e. The fraction of sp³-hybridized carbons (Fsp3) is 0.450. The van der Waals surface area contributed by atoms with E-state index in [2.05, 4.69) is 15.6 Å². The van der Waals surface area contributed by atoms with Gasteiger partial charge in [0.15, 0.2) is 0 Å². The summed E-state index contributed by atoms with van der Waals surface area (Å²) in [7, 11) is 0. The van der Waals surface area contributed by atoms with E-state index in [0.29, 0.717) is 18.5 Å². The smallest absolute Gasteiger partial charge is 0.251 e. The van der Waals surface area contributed by atoms with Gasteiger partial charge in [0.2, 0.25) is 5.95 Å². The van der Waals surface area contributed by atoms with Gasteiger partial charge in [0.25, 0.3) is 5.91 Å². The minimum atomic E-state index is -0.0147. The van der Waals surface area contributed by atoms with E-state index in [1.54, 1.807) is 0 Å². The number of nitrogens with one attached hydrogen (secondary N) is 2. The monoisotopic (exact) mass is 354 g/mol. The summed E-state index contributed by atoms with van der Waals surface area (Å²) < 4.78 is 5.38. The van der Waals surface area contributed by atoms with Gasteiger partial charge in [0, 0.05) is 43.1 Å². The average Bonchev–Trinajstić information content (AvgIpc) is 3.06. The second-order valence-electron chi connectivity index (χ2n) is 6.31. The number of rotatable bonds is 3. The topological polar surface area (TPSA) is 76.1 Å². The molecule has 2 N–H and O–H groups in total. The van der Waals surface area contributed by atoms with Gasteiger partial charge in [0.1, 0.15) is 0 Å². The van der Waals surface area contributed by atoms with Gasteiger partial charge < -0.3 is 15.4 Å². The molecule has 1 fully saturated rings. The molecule has 6 nitrogen and oxygen atoms in total. The van der Waals surface area contributed by atoms with E-state index in [-0.39, 0.29) is 5.91 Å². The van der Waals surface area contributed by atoms with E-state index in [4.69, 9.17) is 9.72 Å². The minimum absolute atomic E-state index is 0.0147. The van der Waals surface area contributed by atoms with Crippen LogP contribution in [-0.2, 0) is 11.3 Å². The van der Waals surface area contributed by atoms with E-state index < -0.39 is 0 Å².